The number of hydrogen-bond acceptors (Lipinski definition) is 5. The lowest BCUT2D eigenvalue weighted by atomic mass is 9.93. The number of rotatable bonds is 4. The fourth-order valence-corrected chi connectivity index (χ4v) is 3.83. The smallest absolute Gasteiger partial charge is 0.266 e. The lowest BCUT2D eigenvalue weighted by Gasteiger charge is -2.46. The number of hydrogen-bond donors (Lipinski definition) is 0. The summed E-state index contributed by atoms with van der Waals surface area (Å²) >= 11 is 0. The summed E-state index contributed by atoms with van der Waals surface area (Å²) < 4.78 is 1.55. The van der Waals surface area contributed by atoms with Crippen molar-refractivity contribution in [1.29, 1.82) is 0 Å². The fourth-order valence-electron chi connectivity index (χ4n) is 3.83. The molecule has 136 valence electrons. The maximum Gasteiger partial charge on any atom is 0.266 e. The van der Waals surface area contributed by atoms with Crippen LogP contribution in [0.4, 0.5) is 0 Å². The number of piperidine rings is 1. The Balaban J connectivity index is 1.41. The largest absolute Gasteiger partial charge is 0.344 e. The molecule has 4 rings (SSSR count). The van der Waals surface area contributed by atoms with Crippen LogP contribution >= 0.6 is 0 Å². The minimum absolute atomic E-state index is 0.0119. The first-order valence-electron chi connectivity index (χ1n) is 9.09. The molecule has 1 amide bonds. The van der Waals surface area contributed by atoms with Crippen LogP contribution in [0, 0.1) is 5.92 Å². The predicted octanol–water partition coefficient (Wildman–Crippen LogP) is 0.858. The van der Waals surface area contributed by atoms with Gasteiger partial charge in [0.2, 0.25) is 5.91 Å². The molecule has 2 aromatic rings. The Hall–Kier alpha value is -2.54. The van der Waals surface area contributed by atoms with Gasteiger partial charge in [0.05, 0.1) is 18.3 Å². The molecule has 0 radical (unpaired) electrons. The van der Waals surface area contributed by atoms with Crippen molar-refractivity contribution in [3.63, 3.8) is 0 Å². The van der Waals surface area contributed by atoms with Crippen molar-refractivity contribution in [2.45, 2.75) is 25.4 Å². The maximum absolute atomic E-state index is 12.3. The van der Waals surface area contributed by atoms with Crippen LogP contribution < -0.4 is 5.56 Å². The third-order valence-corrected chi connectivity index (χ3v) is 5.33. The predicted molar refractivity (Wildman–Crippen MR) is 97.5 cm³/mol. The second-order valence-electron chi connectivity index (χ2n) is 7.21. The normalized spacial score (nSPS) is 21.7. The van der Waals surface area contributed by atoms with Gasteiger partial charge in [0.15, 0.2) is 0 Å². The third-order valence-electron chi connectivity index (χ3n) is 5.33. The zero-order chi connectivity index (χ0) is 18.1. The van der Waals surface area contributed by atoms with Gasteiger partial charge in [-0.25, -0.2) is 4.68 Å². The van der Waals surface area contributed by atoms with Gasteiger partial charge in [-0.2, -0.15) is 5.10 Å². The van der Waals surface area contributed by atoms with Gasteiger partial charge in [-0.3, -0.25) is 19.5 Å². The van der Waals surface area contributed by atoms with E-state index in [1.807, 2.05) is 24.1 Å². The molecule has 1 atom stereocenters. The van der Waals surface area contributed by atoms with Crippen LogP contribution in [0.1, 0.15) is 12.8 Å². The summed E-state index contributed by atoms with van der Waals surface area (Å²) in [6, 6.07) is 7.09. The van der Waals surface area contributed by atoms with Crippen LogP contribution in [-0.4, -0.2) is 63.2 Å². The Morgan fingerprint density at radius 3 is 2.65 bits per heavy atom. The standard InChI is InChI=1S/C19H23N5O2/c1-22-10-2-3-17(19(22)26)23-11-14(12-23)13-24-18(25)5-4-16(21-24)15-6-8-20-9-7-15/h4-9,14,17H,2-3,10-13H2,1H3. The Kier molecular flexibility index (Phi) is 4.55. The van der Waals surface area contributed by atoms with Crippen LogP contribution in [-0.2, 0) is 11.3 Å². The minimum atomic E-state index is -0.0882. The molecular weight excluding hydrogens is 330 g/mol. The Morgan fingerprint density at radius 2 is 1.88 bits per heavy atom. The highest BCUT2D eigenvalue weighted by Crippen LogP contribution is 2.25. The minimum Gasteiger partial charge on any atom is -0.344 e. The van der Waals surface area contributed by atoms with E-state index in [9.17, 15) is 9.59 Å². The maximum atomic E-state index is 12.3. The molecule has 7 heteroatoms. The molecule has 0 aromatic carbocycles. The summed E-state index contributed by atoms with van der Waals surface area (Å²) in [5, 5.41) is 4.51. The SMILES string of the molecule is CN1CCCC(N2CC(Cn3nc(-c4ccncc4)ccc3=O)C2)C1=O. The molecule has 0 aliphatic carbocycles. The number of carbonyl (C=O) groups excluding carboxylic acids is 1. The fraction of sp³-hybridized carbons (Fsp3) is 0.474. The zero-order valence-electron chi connectivity index (χ0n) is 14.9. The topological polar surface area (TPSA) is 71.3 Å². The van der Waals surface area contributed by atoms with Crippen LogP contribution in [0.25, 0.3) is 11.3 Å². The molecular formula is C19H23N5O2. The summed E-state index contributed by atoms with van der Waals surface area (Å²) in [7, 11) is 1.87. The molecule has 0 bridgehead atoms. The summed E-state index contributed by atoms with van der Waals surface area (Å²) in [5.41, 5.74) is 1.63. The van der Waals surface area contributed by atoms with Gasteiger partial charge in [0, 0.05) is 56.6 Å². The van der Waals surface area contributed by atoms with E-state index in [0.717, 1.165) is 43.7 Å². The van der Waals surface area contributed by atoms with Gasteiger partial charge in [-0.1, -0.05) is 0 Å². The molecule has 4 heterocycles. The van der Waals surface area contributed by atoms with Gasteiger partial charge in [-0.05, 0) is 31.0 Å². The van der Waals surface area contributed by atoms with Crippen LogP contribution in [0.5, 0.6) is 0 Å². The van der Waals surface area contributed by atoms with E-state index in [1.165, 1.54) is 0 Å². The van der Waals surface area contributed by atoms with E-state index in [-0.39, 0.29) is 17.5 Å². The van der Waals surface area contributed by atoms with Crippen molar-refractivity contribution in [2.24, 2.45) is 5.92 Å². The van der Waals surface area contributed by atoms with Gasteiger partial charge >= 0.3 is 0 Å². The first-order chi connectivity index (χ1) is 12.6. The van der Waals surface area contributed by atoms with Crippen LogP contribution in [0.3, 0.4) is 0 Å². The van der Waals surface area contributed by atoms with Crippen molar-refractivity contribution in [2.75, 3.05) is 26.7 Å². The van der Waals surface area contributed by atoms with Crippen molar-refractivity contribution < 1.29 is 4.79 Å². The summed E-state index contributed by atoms with van der Waals surface area (Å²) in [4.78, 5) is 32.5. The highest BCUT2D eigenvalue weighted by Gasteiger charge is 2.38. The number of aromatic nitrogens is 3. The molecule has 2 saturated heterocycles. The average Bonchev–Trinajstić information content (AvgIpc) is 2.63. The van der Waals surface area contributed by atoms with Crippen molar-refractivity contribution in [3.8, 4) is 11.3 Å². The lowest BCUT2D eigenvalue weighted by Crippen LogP contribution is -2.60. The first-order valence-corrected chi connectivity index (χ1v) is 9.09. The van der Waals surface area contributed by atoms with Crippen molar-refractivity contribution >= 4 is 5.91 Å². The Labute approximate surface area is 152 Å². The Bertz CT molecular complexity index is 845. The summed E-state index contributed by atoms with van der Waals surface area (Å²) in [6.07, 6.45) is 5.43. The van der Waals surface area contributed by atoms with Gasteiger partial charge < -0.3 is 4.90 Å². The highest BCUT2D eigenvalue weighted by atomic mass is 16.2. The lowest BCUT2D eigenvalue weighted by molar-refractivity contribution is -0.142. The molecule has 0 N–H and O–H groups in total. The number of likely N-dealkylation sites (tertiary alicyclic amines) is 2. The second kappa shape index (κ2) is 6.99. The number of carbonyl (C=O) groups is 1. The Morgan fingerprint density at radius 1 is 1.12 bits per heavy atom. The monoisotopic (exact) mass is 353 g/mol. The molecule has 0 saturated carbocycles. The van der Waals surface area contributed by atoms with E-state index >= 15 is 0 Å². The molecule has 0 spiro atoms. The van der Waals surface area contributed by atoms with E-state index < -0.39 is 0 Å². The van der Waals surface area contributed by atoms with E-state index in [1.54, 1.807) is 29.2 Å². The number of amides is 1. The molecule has 2 fully saturated rings. The van der Waals surface area contributed by atoms with E-state index in [4.69, 9.17) is 0 Å². The average molecular weight is 353 g/mol. The summed E-state index contributed by atoms with van der Waals surface area (Å²) in [6.45, 7) is 3.13. The number of likely N-dealkylation sites (N-methyl/N-ethyl adjacent to an activating group) is 1. The van der Waals surface area contributed by atoms with E-state index in [2.05, 4.69) is 15.0 Å². The molecule has 2 aromatic heterocycles. The first kappa shape index (κ1) is 16.9. The summed E-state index contributed by atoms with van der Waals surface area (Å²) in [5.74, 6) is 0.581. The molecule has 2 aliphatic rings. The van der Waals surface area contributed by atoms with E-state index in [0.29, 0.717) is 12.5 Å². The van der Waals surface area contributed by atoms with Crippen molar-refractivity contribution in [3.05, 3.63) is 47.0 Å². The van der Waals surface area contributed by atoms with Gasteiger partial charge in [-0.15, -0.1) is 0 Å². The number of nitrogens with zero attached hydrogens (tertiary/aromatic N) is 5. The molecule has 2 aliphatic heterocycles. The molecule has 7 nitrogen and oxygen atoms in total. The molecule has 26 heavy (non-hydrogen) atoms. The third kappa shape index (κ3) is 3.26. The quantitative estimate of drug-likeness (QED) is 0.815. The zero-order valence-corrected chi connectivity index (χ0v) is 14.9. The van der Waals surface area contributed by atoms with Gasteiger partial charge in [0.1, 0.15) is 0 Å². The van der Waals surface area contributed by atoms with Crippen molar-refractivity contribution in [1.82, 2.24) is 24.6 Å². The highest BCUT2D eigenvalue weighted by molar-refractivity contribution is 5.82. The van der Waals surface area contributed by atoms with Crippen LogP contribution in [0.2, 0.25) is 0 Å². The second-order valence-corrected chi connectivity index (χ2v) is 7.21. The number of pyridine rings is 1. The van der Waals surface area contributed by atoms with Crippen LogP contribution in [0.15, 0.2) is 41.5 Å². The molecule has 1 unspecified atom stereocenters. The van der Waals surface area contributed by atoms with Gasteiger partial charge in [0.25, 0.3) is 5.56 Å².